The van der Waals surface area contributed by atoms with Gasteiger partial charge < -0.3 is 15.0 Å². The second kappa shape index (κ2) is 11.8. The Morgan fingerprint density at radius 3 is 2.39 bits per heavy atom. The van der Waals surface area contributed by atoms with Crippen LogP contribution in [0.25, 0.3) is 10.9 Å². The van der Waals surface area contributed by atoms with Crippen LogP contribution < -0.4 is 5.32 Å². The van der Waals surface area contributed by atoms with E-state index in [1.54, 1.807) is 4.90 Å². The molecular weight excluding hydrogens is 456 g/mol. The van der Waals surface area contributed by atoms with Crippen LogP contribution in [0.5, 0.6) is 0 Å². The Hall–Kier alpha value is -3.78. The first-order valence-electron chi connectivity index (χ1n) is 12.3. The first-order chi connectivity index (χ1) is 17.4. The fourth-order valence-electron chi connectivity index (χ4n) is 4.33. The number of esters is 1. The van der Waals surface area contributed by atoms with Gasteiger partial charge in [-0.25, -0.2) is 0 Å². The highest BCUT2D eigenvalue weighted by Gasteiger charge is 2.23. The van der Waals surface area contributed by atoms with Crippen molar-refractivity contribution in [3.05, 3.63) is 71.4 Å². The molecule has 1 fully saturated rings. The summed E-state index contributed by atoms with van der Waals surface area (Å²) in [5, 5.41) is 4.05. The van der Waals surface area contributed by atoms with Crippen LogP contribution >= 0.6 is 0 Å². The molecule has 8 heteroatoms. The number of benzene rings is 2. The van der Waals surface area contributed by atoms with Gasteiger partial charge in [0, 0.05) is 49.4 Å². The van der Waals surface area contributed by atoms with Gasteiger partial charge in [0.05, 0.1) is 18.5 Å². The van der Waals surface area contributed by atoms with E-state index in [1.807, 2.05) is 73.3 Å². The highest BCUT2D eigenvalue weighted by molar-refractivity contribution is 5.93. The number of pyridine rings is 1. The van der Waals surface area contributed by atoms with Crippen molar-refractivity contribution < 1.29 is 19.1 Å². The zero-order chi connectivity index (χ0) is 25.5. The molecule has 0 spiro atoms. The van der Waals surface area contributed by atoms with Gasteiger partial charge in [0.25, 0.3) is 5.91 Å². The Morgan fingerprint density at radius 2 is 1.64 bits per heavy atom. The molecule has 2 amide bonds. The van der Waals surface area contributed by atoms with Gasteiger partial charge in [-0.1, -0.05) is 42.5 Å². The lowest BCUT2D eigenvalue weighted by Gasteiger charge is -2.34. The number of aromatic nitrogens is 1. The number of hydrogen-bond donors (Lipinski definition) is 1. The molecule has 8 nitrogen and oxygen atoms in total. The number of amides is 2. The number of anilines is 1. The largest absolute Gasteiger partial charge is 0.456 e. The first kappa shape index (κ1) is 25.3. The SMILES string of the molecule is Cc1cccc(C)c1NC(=O)CN1CCN(C(=O)COC(=O)CCc2ccc3ccccc3n2)CC1. The van der Waals surface area contributed by atoms with E-state index < -0.39 is 5.97 Å². The van der Waals surface area contributed by atoms with Crippen molar-refractivity contribution in [2.75, 3.05) is 44.6 Å². The lowest BCUT2D eigenvalue weighted by atomic mass is 10.1. The van der Waals surface area contributed by atoms with Gasteiger partial charge in [0.2, 0.25) is 5.91 Å². The Balaban J connectivity index is 1.15. The summed E-state index contributed by atoms with van der Waals surface area (Å²) in [5.41, 5.74) is 4.62. The van der Waals surface area contributed by atoms with E-state index in [1.165, 1.54) is 0 Å². The van der Waals surface area contributed by atoms with Crippen LogP contribution in [0.1, 0.15) is 23.2 Å². The van der Waals surface area contributed by atoms with Gasteiger partial charge in [-0.2, -0.15) is 0 Å². The Kier molecular flexibility index (Phi) is 8.28. The quantitative estimate of drug-likeness (QED) is 0.490. The summed E-state index contributed by atoms with van der Waals surface area (Å²) in [5.74, 6) is -0.700. The summed E-state index contributed by atoms with van der Waals surface area (Å²) >= 11 is 0. The third-order valence-corrected chi connectivity index (χ3v) is 6.44. The molecule has 36 heavy (non-hydrogen) atoms. The molecule has 0 aliphatic carbocycles. The second-order valence-electron chi connectivity index (χ2n) is 9.13. The standard InChI is InChI=1S/C28H32N4O4/c1-20-6-5-7-21(2)28(20)30-25(33)18-31-14-16-32(17-15-31)26(34)19-36-27(35)13-12-23-11-10-22-8-3-4-9-24(22)29-23/h3-11H,12-19H2,1-2H3,(H,30,33). The van der Waals surface area contributed by atoms with E-state index in [2.05, 4.69) is 10.3 Å². The molecule has 0 atom stereocenters. The summed E-state index contributed by atoms with van der Waals surface area (Å²) < 4.78 is 5.21. The first-order valence-corrected chi connectivity index (χ1v) is 12.3. The molecule has 1 saturated heterocycles. The van der Waals surface area contributed by atoms with E-state index in [-0.39, 0.29) is 31.4 Å². The molecule has 0 saturated carbocycles. The van der Waals surface area contributed by atoms with Crippen LogP contribution in [0.3, 0.4) is 0 Å². The van der Waals surface area contributed by atoms with Crippen LogP contribution in [0, 0.1) is 13.8 Å². The summed E-state index contributed by atoms with van der Waals surface area (Å²) in [7, 11) is 0. The Bertz CT molecular complexity index is 1230. The molecule has 3 aromatic rings. The maximum Gasteiger partial charge on any atom is 0.306 e. The number of piperazine rings is 1. The maximum absolute atomic E-state index is 12.5. The highest BCUT2D eigenvalue weighted by atomic mass is 16.5. The number of carbonyl (C=O) groups excluding carboxylic acids is 3. The molecule has 188 valence electrons. The number of ether oxygens (including phenoxy) is 1. The maximum atomic E-state index is 12.5. The van der Waals surface area contributed by atoms with Crippen LogP contribution in [0.2, 0.25) is 0 Å². The molecule has 1 aromatic heterocycles. The summed E-state index contributed by atoms with van der Waals surface area (Å²) in [6, 6.07) is 17.6. The van der Waals surface area contributed by atoms with Crippen molar-refractivity contribution in [3.63, 3.8) is 0 Å². The number of aryl methyl sites for hydroxylation is 3. The predicted molar refractivity (Wildman–Crippen MR) is 139 cm³/mol. The minimum Gasteiger partial charge on any atom is -0.456 e. The third-order valence-electron chi connectivity index (χ3n) is 6.44. The zero-order valence-electron chi connectivity index (χ0n) is 20.8. The zero-order valence-corrected chi connectivity index (χ0v) is 20.8. The van der Waals surface area contributed by atoms with Crippen molar-refractivity contribution in [2.45, 2.75) is 26.7 Å². The molecule has 4 rings (SSSR count). The van der Waals surface area contributed by atoms with Gasteiger partial charge in [0.15, 0.2) is 6.61 Å². The predicted octanol–water partition coefficient (Wildman–Crippen LogP) is 3.11. The van der Waals surface area contributed by atoms with Gasteiger partial charge in [-0.05, 0) is 37.1 Å². The van der Waals surface area contributed by atoms with Crippen molar-refractivity contribution in [1.29, 1.82) is 0 Å². The number of hydrogen-bond acceptors (Lipinski definition) is 6. The third kappa shape index (κ3) is 6.66. The minimum atomic E-state index is -0.417. The molecule has 1 aliphatic rings. The fourth-order valence-corrected chi connectivity index (χ4v) is 4.33. The monoisotopic (exact) mass is 488 g/mol. The highest BCUT2D eigenvalue weighted by Crippen LogP contribution is 2.19. The van der Waals surface area contributed by atoms with Crippen molar-refractivity contribution in [1.82, 2.24) is 14.8 Å². The second-order valence-corrected chi connectivity index (χ2v) is 9.13. The molecule has 2 aromatic carbocycles. The van der Waals surface area contributed by atoms with E-state index >= 15 is 0 Å². The van der Waals surface area contributed by atoms with Gasteiger partial charge in [-0.3, -0.25) is 24.3 Å². The average Bonchev–Trinajstić information content (AvgIpc) is 2.88. The fraction of sp³-hybridized carbons (Fsp3) is 0.357. The number of para-hydroxylation sites is 2. The Morgan fingerprint density at radius 1 is 0.917 bits per heavy atom. The lowest BCUT2D eigenvalue weighted by molar-refractivity contribution is -0.152. The van der Waals surface area contributed by atoms with Gasteiger partial charge in [-0.15, -0.1) is 0 Å². The number of rotatable bonds is 8. The minimum absolute atomic E-state index is 0.0676. The molecule has 1 N–H and O–H groups in total. The molecule has 2 heterocycles. The van der Waals surface area contributed by atoms with Crippen LogP contribution in [-0.4, -0.2) is 71.9 Å². The Labute approximate surface area is 211 Å². The van der Waals surface area contributed by atoms with E-state index in [0.29, 0.717) is 32.6 Å². The van der Waals surface area contributed by atoms with Crippen molar-refractivity contribution in [2.24, 2.45) is 0 Å². The van der Waals surface area contributed by atoms with Crippen LogP contribution in [0.15, 0.2) is 54.6 Å². The van der Waals surface area contributed by atoms with Crippen molar-refractivity contribution >= 4 is 34.4 Å². The number of fused-ring (bicyclic) bond motifs is 1. The summed E-state index contributed by atoms with van der Waals surface area (Å²) in [6.07, 6.45) is 0.627. The van der Waals surface area contributed by atoms with Gasteiger partial charge in [0.1, 0.15) is 0 Å². The average molecular weight is 489 g/mol. The molecule has 1 aliphatic heterocycles. The summed E-state index contributed by atoms with van der Waals surface area (Å²) in [6.45, 7) is 6.12. The normalized spacial score (nSPS) is 14.0. The topological polar surface area (TPSA) is 91.8 Å². The number of nitrogens with one attached hydrogen (secondary N) is 1. The molecular formula is C28H32N4O4. The van der Waals surface area contributed by atoms with E-state index in [9.17, 15) is 14.4 Å². The molecule has 0 radical (unpaired) electrons. The van der Waals surface area contributed by atoms with E-state index in [0.717, 1.165) is 33.4 Å². The number of carbonyl (C=O) groups is 3. The summed E-state index contributed by atoms with van der Waals surface area (Å²) in [4.78, 5) is 45.4. The molecule has 0 bridgehead atoms. The van der Waals surface area contributed by atoms with E-state index in [4.69, 9.17) is 4.74 Å². The lowest BCUT2D eigenvalue weighted by Crippen LogP contribution is -2.51. The van der Waals surface area contributed by atoms with Crippen LogP contribution in [0.4, 0.5) is 5.69 Å². The van der Waals surface area contributed by atoms with Crippen molar-refractivity contribution in [3.8, 4) is 0 Å². The molecule has 0 unspecified atom stereocenters. The van der Waals surface area contributed by atoms with Crippen LogP contribution in [-0.2, 0) is 25.5 Å². The smallest absolute Gasteiger partial charge is 0.306 e. The van der Waals surface area contributed by atoms with Gasteiger partial charge >= 0.3 is 5.97 Å². The number of nitrogens with zero attached hydrogens (tertiary/aromatic N) is 3.